The van der Waals surface area contributed by atoms with Crippen LogP contribution in [0.2, 0.25) is 5.02 Å². The molecule has 0 radical (unpaired) electrons. The number of furan rings is 2. The van der Waals surface area contributed by atoms with Gasteiger partial charge in [-0.2, -0.15) is 0 Å². The topological polar surface area (TPSA) is 52.3 Å². The van der Waals surface area contributed by atoms with E-state index in [4.69, 9.17) is 26.2 Å². The van der Waals surface area contributed by atoms with Gasteiger partial charge in [-0.25, -0.2) is 0 Å². The summed E-state index contributed by atoms with van der Waals surface area (Å²) in [7, 11) is 0. The van der Waals surface area contributed by atoms with Gasteiger partial charge in [-0.15, -0.1) is 0 Å². The predicted molar refractivity (Wildman–Crippen MR) is 75.3 cm³/mol. The molecule has 0 aliphatic rings. The van der Waals surface area contributed by atoms with Gasteiger partial charge in [0.1, 0.15) is 17.1 Å². The van der Waals surface area contributed by atoms with Crippen molar-refractivity contribution in [1.29, 1.82) is 0 Å². The Hall–Kier alpha value is -1.71. The van der Waals surface area contributed by atoms with Gasteiger partial charge in [0.15, 0.2) is 0 Å². The predicted octanol–water partition coefficient (Wildman–Crippen LogP) is 4.29. The summed E-state index contributed by atoms with van der Waals surface area (Å²) >= 11 is 5.97. The van der Waals surface area contributed by atoms with Gasteiger partial charge >= 0.3 is 0 Å². The van der Waals surface area contributed by atoms with Crippen LogP contribution in [-0.4, -0.2) is 0 Å². The summed E-state index contributed by atoms with van der Waals surface area (Å²) in [6.45, 7) is 2.04. The zero-order valence-electron chi connectivity index (χ0n) is 10.5. The van der Waals surface area contributed by atoms with Gasteiger partial charge in [-0.1, -0.05) is 18.5 Å². The number of halogens is 1. The van der Waals surface area contributed by atoms with Crippen molar-refractivity contribution < 1.29 is 8.83 Å². The van der Waals surface area contributed by atoms with E-state index in [1.165, 1.54) is 0 Å². The van der Waals surface area contributed by atoms with Crippen molar-refractivity contribution in [1.82, 2.24) is 0 Å². The van der Waals surface area contributed by atoms with E-state index >= 15 is 0 Å². The maximum absolute atomic E-state index is 6.25. The lowest BCUT2D eigenvalue weighted by molar-refractivity contribution is 0.493. The molecule has 3 nitrogen and oxygen atoms in total. The van der Waals surface area contributed by atoms with E-state index in [1.54, 1.807) is 12.3 Å². The monoisotopic (exact) mass is 275 g/mol. The van der Waals surface area contributed by atoms with Crippen LogP contribution in [0.15, 0.2) is 45.4 Å². The smallest absolute Gasteiger partial charge is 0.134 e. The second kappa shape index (κ2) is 4.76. The van der Waals surface area contributed by atoms with Crippen molar-refractivity contribution >= 4 is 22.6 Å². The molecule has 1 atom stereocenters. The van der Waals surface area contributed by atoms with Gasteiger partial charge in [-0.05, 0) is 30.3 Å². The Balaban J connectivity index is 2.04. The summed E-state index contributed by atoms with van der Waals surface area (Å²) in [6, 6.07) is 9.02. The van der Waals surface area contributed by atoms with Crippen molar-refractivity contribution in [3.63, 3.8) is 0 Å². The normalized spacial score (nSPS) is 13.0. The summed E-state index contributed by atoms with van der Waals surface area (Å²) in [6.07, 6.45) is 2.47. The van der Waals surface area contributed by atoms with E-state index in [0.717, 1.165) is 28.7 Å². The third-order valence-electron chi connectivity index (χ3n) is 3.24. The fraction of sp³-hybridized carbons (Fsp3) is 0.200. The zero-order chi connectivity index (χ0) is 13.4. The summed E-state index contributed by atoms with van der Waals surface area (Å²) in [5, 5.41) is 1.64. The van der Waals surface area contributed by atoms with E-state index in [0.29, 0.717) is 10.8 Å². The highest BCUT2D eigenvalue weighted by Gasteiger charge is 2.18. The van der Waals surface area contributed by atoms with Crippen LogP contribution in [0.25, 0.3) is 11.0 Å². The number of aryl methyl sites for hydroxylation is 1. The SMILES string of the molecule is CCc1occc1C(N)c1cc2cc(Cl)ccc2o1. The summed E-state index contributed by atoms with van der Waals surface area (Å²) in [5.41, 5.74) is 8.01. The number of hydrogen-bond donors (Lipinski definition) is 1. The molecule has 2 aromatic heterocycles. The maximum Gasteiger partial charge on any atom is 0.134 e. The van der Waals surface area contributed by atoms with E-state index in [9.17, 15) is 0 Å². The fourth-order valence-corrected chi connectivity index (χ4v) is 2.44. The fourth-order valence-electron chi connectivity index (χ4n) is 2.26. The number of rotatable bonds is 3. The van der Waals surface area contributed by atoms with Crippen LogP contribution in [0, 0.1) is 0 Å². The highest BCUT2D eigenvalue weighted by atomic mass is 35.5. The van der Waals surface area contributed by atoms with Crippen LogP contribution in [0.1, 0.15) is 30.0 Å². The third-order valence-corrected chi connectivity index (χ3v) is 3.48. The number of benzene rings is 1. The van der Waals surface area contributed by atoms with Crippen molar-refractivity contribution in [3.05, 3.63) is 58.7 Å². The highest BCUT2D eigenvalue weighted by molar-refractivity contribution is 6.31. The lowest BCUT2D eigenvalue weighted by Gasteiger charge is -2.07. The van der Waals surface area contributed by atoms with Gasteiger partial charge in [-0.3, -0.25) is 0 Å². The first-order valence-electron chi connectivity index (χ1n) is 6.20. The van der Waals surface area contributed by atoms with Crippen LogP contribution < -0.4 is 5.73 Å². The Kier molecular flexibility index (Phi) is 3.09. The maximum atomic E-state index is 6.25. The molecule has 0 spiro atoms. The molecule has 3 rings (SSSR count). The molecule has 19 heavy (non-hydrogen) atoms. The Morgan fingerprint density at radius 2 is 2.11 bits per heavy atom. The summed E-state index contributed by atoms with van der Waals surface area (Å²) in [5.74, 6) is 1.61. The molecular formula is C15H14ClNO2. The molecule has 98 valence electrons. The highest BCUT2D eigenvalue weighted by Crippen LogP contribution is 2.30. The van der Waals surface area contributed by atoms with E-state index in [2.05, 4.69) is 0 Å². The standard InChI is InChI=1S/C15H14ClNO2/c1-2-12-11(5-6-18-12)15(17)14-8-9-7-10(16)3-4-13(9)19-14/h3-8,15H,2,17H2,1H3. The molecule has 0 saturated heterocycles. The second-order valence-corrected chi connectivity index (χ2v) is 4.90. The number of nitrogens with two attached hydrogens (primary N) is 1. The van der Waals surface area contributed by atoms with E-state index in [1.807, 2.05) is 31.2 Å². The van der Waals surface area contributed by atoms with Gasteiger partial charge < -0.3 is 14.6 Å². The van der Waals surface area contributed by atoms with Crippen molar-refractivity contribution in [2.24, 2.45) is 5.73 Å². The minimum absolute atomic E-state index is 0.320. The number of fused-ring (bicyclic) bond motifs is 1. The summed E-state index contributed by atoms with van der Waals surface area (Å²) < 4.78 is 11.2. The van der Waals surface area contributed by atoms with Crippen molar-refractivity contribution in [2.75, 3.05) is 0 Å². The minimum Gasteiger partial charge on any atom is -0.469 e. The first kappa shape index (κ1) is 12.3. The van der Waals surface area contributed by atoms with Gasteiger partial charge in [0.25, 0.3) is 0 Å². The molecule has 2 heterocycles. The minimum atomic E-state index is -0.320. The van der Waals surface area contributed by atoms with Crippen LogP contribution in [-0.2, 0) is 6.42 Å². The lowest BCUT2D eigenvalue weighted by Crippen LogP contribution is -2.11. The molecule has 0 aliphatic carbocycles. The zero-order valence-corrected chi connectivity index (χ0v) is 11.3. The average molecular weight is 276 g/mol. The first-order chi connectivity index (χ1) is 9.19. The average Bonchev–Trinajstić information content (AvgIpc) is 3.03. The van der Waals surface area contributed by atoms with Gasteiger partial charge in [0, 0.05) is 22.4 Å². The third kappa shape index (κ3) is 2.15. The van der Waals surface area contributed by atoms with Crippen LogP contribution in [0.5, 0.6) is 0 Å². The molecule has 3 aromatic rings. The Bertz CT molecular complexity index is 714. The Morgan fingerprint density at radius 1 is 1.26 bits per heavy atom. The molecule has 0 amide bonds. The lowest BCUT2D eigenvalue weighted by atomic mass is 10.0. The molecule has 0 saturated carbocycles. The number of hydrogen-bond acceptors (Lipinski definition) is 3. The molecule has 0 fully saturated rings. The van der Waals surface area contributed by atoms with Crippen LogP contribution in [0.4, 0.5) is 0 Å². The summed E-state index contributed by atoms with van der Waals surface area (Å²) in [4.78, 5) is 0. The quantitative estimate of drug-likeness (QED) is 0.776. The Labute approximate surface area is 115 Å². The molecule has 0 aliphatic heterocycles. The van der Waals surface area contributed by atoms with Crippen LogP contribution in [0.3, 0.4) is 0 Å². The van der Waals surface area contributed by atoms with E-state index in [-0.39, 0.29) is 6.04 Å². The molecule has 2 N–H and O–H groups in total. The van der Waals surface area contributed by atoms with Crippen molar-refractivity contribution in [2.45, 2.75) is 19.4 Å². The van der Waals surface area contributed by atoms with Crippen molar-refractivity contribution in [3.8, 4) is 0 Å². The van der Waals surface area contributed by atoms with Gasteiger partial charge in [0.2, 0.25) is 0 Å². The molecule has 4 heteroatoms. The van der Waals surface area contributed by atoms with E-state index < -0.39 is 0 Å². The molecule has 1 aromatic carbocycles. The largest absolute Gasteiger partial charge is 0.469 e. The molecule has 0 bridgehead atoms. The van der Waals surface area contributed by atoms with Gasteiger partial charge in [0.05, 0.1) is 12.3 Å². The first-order valence-corrected chi connectivity index (χ1v) is 6.57. The van der Waals surface area contributed by atoms with Crippen LogP contribution >= 0.6 is 11.6 Å². The Morgan fingerprint density at radius 3 is 2.89 bits per heavy atom. The molecule has 1 unspecified atom stereocenters. The second-order valence-electron chi connectivity index (χ2n) is 4.46. The molecular weight excluding hydrogens is 262 g/mol.